The number of hydrogen-bond donors (Lipinski definition) is 1. The molecule has 0 amide bonds. The van der Waals surface area contributed by atoms with Crippen molar-refractivity contribution < 1.29 is 0 Å². The summed E-state index contributed by atoms with van der Waals surface area (Å²) in [6, 6.07) is 16.7. The fraction of sp³-hybridized carbons (Fsp3) is 0.176. The molecule has 2 aromatic carbocycles. The average Bonchev–Trinajstić information content (AvgIpc) is 2.53. The number of anilines is 2. The molecule has 106 valence electrons. The molecule has 0 spiro atoms. The predicted molar refractivity (Wildman–Crippen MR) is 87.6 cm³/mol. The van der Waals surface area contributed by atoms with Crippen LogP contribution in [0.5, 0.6) is 0 Å². The van der Waals surface area contributed by atoms with E-state index in [1.54, 1.807) is 6.20 Å². The van der Waals surface area contributed by atoms with Crippen molar-refractivity contribution in [3.05, 3.63) is 60.3 Å². The van der Waals surface area contributed by atoms with Crippen LogP contribution in [0.2, 0.25) is 0 Å². The molecule has 0 saturated heterocycles. The summed E-state index contributed by atoms with van der Waals surface area (Å²) in [5, 5.41) is 5.90. The molecule has 1 aromatic heterocycles. The topological polar surface area (TPSA) is 41.1 Å². The molecule has 0 fully saturated rings. The summed E-state index contributed by atoms with van der Waals surface area (Å²) in [5.41, 5.74) is 1.26. The van der Waals surface area contributed by atoms with Crippen molar-refractivity contribution >= 4 is 22.5 Å². The molecule has 0 aliphatic heterocycles. The summed E-state index contributed by atoms with van der Waals surface area (Å²) in [6.45, 7) is 0.741. The van der Waals surface area contributed by atoms with Crippen molar-refractivity contribution in [3.8, 4) is 0 Å². The Morgan fingerprint density at radius 3 is 2.67 bits per heavy atom. The van der Waals surface area contributed by atoms with E-state index in [9.17, 15) is 0 Å². The number of rotatable bonds is 4. The molecule has 0 radical (unpaired) electrons. The molecule has 0 aliphatic carbocycles. The minimum Gasteiger partial charge on any atom is -0.366 e. The van der Waals surface area contributed by atoms with Crippen molar-refractivity contribution in [1.82, 2.24) is 9.97 Å². The maximum absolute atomic E-state index is 4.47. The van der Waals surface area contributed by atoms with Crippen LogP contribution in [0.3, 0.4) is 0 Å². The van der Waals surface area contributed by atoms with Crippen LogP contribution in [0.25, 0.3) is 10.8 Å². The summed E-state index contributed by atoms with van der Waals surface area (Å²) in [5.74, 6) is 1.54. The SMILES string of the molecule is CN(C)c1nccc(NCc2cccc3ccccc23)n1. The highest BCUT2D eigenvalue weighted by molar-refractivity contribution is 5.85. The quantitative estimate of drug-likeness (QED) is 0.795. The fourth-order valence-corrected chi connectivity index (χ4v) is 2.29. The Hall–Kier alpha value is -2.62. The van der Waals surface area contributed by atoms with Gasteiger partial charge >= 0.3 is 0 Å². The number of benzene rings is 2. The van der Waals surface area contributed by atoms with Crippen LogP contribution in [-0.2, 0) is 6.54 Å². The molecular weight excluding hydrogens is 260 g/mol. The van der Waals surface area contributed by atoms with Gasteiger partial charge in [-0.2, -0.15) is 4.98 Å². The molecule has 0 atom stereocenters. The van der Waals surface area contributed by atoms with Crippen molar-refractivity contribution in [2.24, 2.45) is 0 Å². The third-order valence-electron chi connectivity index (χ3n) is 3.38. The van der Waals surface area contributed by atoms with Crippen LogP contribution < -0.4 is 10.2 Å². The van der Waals surface area contributed by atoms with Gasteiger partial charge in [0.2, 0.25) is 5.95 Å². The average molecular weight is 278 g/mol. The lowest BCUT2D eigenvalue weighted by molar-refractivity contribution is 0.989. The van der Waals surface area contributed by atoms with Gasteiger partial charge in [-0.25, -0.2) is 4.98 Å². The first-order valence-electron chi connectivity index (χ1n) is 6.95. The maximum atomic E-state index is 4.47. The molecular formula is C17H18N4. The smallest absolute Gasteiger partial charge is 0.226 e. The van der Waals surface area contributed by atoms with Crippen molar-refractivity contribution in [2.45, 2.75) is 6.54 Å². The first-order valence-corrected chi connectivity index (χ1v) is 6.95. The van der Waals surface area contributed by atoms with Gasteiger partial charge in [0.15, 0.2) is 0 Å². The highest BCUT2D eigenvalue weighted by Crippen LogP contribution is 2.19. The Balaban J connectivity index is 1.82. The predicted octanol–water partition coefficient (Wildman–Crippen LogP) is 3.31. The van der Waals surface area contributed by atoms with E-state index in [2.05, 4.69) is 57.7 Å². The first-order chi connectivity index (χ1) is 10.2. The Labute approximate surface area is 124 Å². The van der Waals surface area contributed by atoms with E-state index in [1.807, 2.05) is 25.1 Å². The second kappa shape index (κ2) is 5.79. The Bertz CT molecular complexity index is 747. The molecule has 1 heterocycles. The number of fused-ring (bicyclic) bond motifs is 1. The fourth-order valence-electron chi connectivity index (χ4n) is 2.29. The lowest BCUT2D eigenvalue weighted by Gasteiger charge is -2.12. The molecule has 0 aliphatic rings. The van der Waals surface area contributed by atoms with Crippen molar-refractivity contribution in [3.63, 3.8) is 0 Å². The number of aromatic nitrogens is 2. The normalized spacial score (nSPS) is 10.6. The van der Waals surface area contributed by atoms with Crippen LogP contribution >= 0.6 is 0 Å². The van der Waals surface area contributed by atoms with Crippen LogP contribution in [0, 0.1) is 0 Å². The van der Waals surface area contributed by atoms with Crippen LogP contribution in [0.4, 0.5) is 11.8 Å². The van der Waals surface area contributed by atoms with Gasteiger partial charge < -0.3 is 10.2 Å². The zero-order valence-corrected chi connectivity index (χ0v) is 12.2. The lowest BCUT2D eigenvalue weighted by Crippen LogP contribution is -2.13. The molecule has 21 heavy (non-hydrogen) atoms. The Kier molecular flexibility index (Phi) is 3.69. The van der Waals surface area contributed by atoms with Crippen molar-refractivity contribution in [1.29, 1.82) is 0 Å². The Morgan fingerprint density at radius 2 is 1.81 bits per heavy atom. The number of nitrogens with one attached hydrogen (secondary N) is 1. The van der Waals surface area contributed by atoms with E-state index in [4.69, 9.17) is 0 Å². The molecule has 0 bridgehead atoms. The zero-order chi connectivity index (χ0) is 14.7. The maximum Gasteiger partial charge on any atom is 0.226 e. The van der Waals surface area contributed by atoms with Gasteiger partial charge in [0, 0.05) is 26.8 Å². The Morgan fingerprint density at radius 1 is 1.00 bits per heavy atom. The summed E-state index contributed by atoms with van der Waals surface area (Å²) >= 11 is 0. The summed E-state index contributed by atoms with van der Waals surface area (Å²) < 4.78 is 0. The van der Waals surface area contributed by atoms with Gasteiger partial charge in [0.1, 0.15) is 5.82 Å². The third kappa shape index (κ3) is 2.94. The summed E-state index contributed by atoms with van der Waals surface area (Å²) in [7, 11) is 3.87. The third-order valence-corrected chi connectivity index (χ3v) is 3.38. The second-order valence-electron chi connectivity index (χ2n) is 5.13. The van der Waals surface area contributed by atoms with Gasteiger partial charge in [-0.05, 0) is 22.4 Å². The van der Waals surface area contributed by atoms with Gasteiger partial charge in [0.05, 0.1) is 0 Å². The minimum absolute atomic E-state index is 0.706. The van der Waals surface area contributed by atoms with Crippen LogP contribution in [0.1, 0.15) is 5.56 Å². The van der Waals surface area contributed by atoms with E-state index >= 15 is 0 Å². The first kappa shape index (κ1) is 13.4. The summed E-state index contributed by atoms with van der Waals surface area (Å²) in [4.78, 5) is 10.6. The molecule has 4 nitrogen and oxygen atoms in total. The second-order valence-corrected chi connectivity index (χ2v) is 5.13. The monoisotopic (exact) mass is 278 g/mol. The van der Waals surface area contributed by atoms with Gasteiger partial charge in [-0.15, -0.1) is 0 Å². The van der Waals surface area contributed by atoms with Gasteiger partial charge in [-0.3, -0.25) is 0 Å². The standard InChI is InChI=1S/C17H18N4/c1-21(2)17-18-11-10-16(20-17)19-12-14-8-5-7-13-6-3-4-9-15(13)14/h3-11H,12H2,1-2H3,(H,18,19,20). The van der Waals surface area contributed by atoms with Crippen LogP contribution in [-0.4, -0.2) is 24.1 Å². The number of nitrogens with zero attached hydrogens (tertiary/aromatic N) is 3. The molecule has 3 rings (SSSR count). The van der Waals surface area contributed by atoms with Crippen molar-refractivity contribution in [2.75, 3.05) is 24.3 Å². The van der Waals surface area contributed by atoms with Gasteiger partial charge in [0.25, 0.3) is 0 Å². The van der Waals surface area contributed by atoms with E-state index in [1.165, 1.54) is 16.3 Å². The summed E-state index contributed by atoms with van der Waals surface area (Å²) in [6.07, 6.45) is 1.77. The van der Waals surface area contributed by atoms with E-state index in [-0.39, 0.29) is 0 Å². The minimum atomic E-state index is 0.706. The van der Waals surface area contributed by atoms with Crippen LogP contribution in [0.15, 0.2) is 54.7 Å². The molecule has 0 unspecified atom stereocenters. The molecule has 3 aromatic rings. The zero-order valence-electron chi connectivity index (χ0n) is 12.2. The molecule has 1 N–H and O–H groups in total. The largest absolute Gasteiger partial charge is 0.366 e. The highest BCUT2D eigenvalue weighted by atomic mass is 15.2. The lowest BCUT2D eigenvalue weighted by atomic mass is 10.0. The van der Waals surface area contributed by atoms with Gasteiger partial charge in [-0.1, -0.05) is 42.5 Å². The van der Waals surface area contributed by atoms with E-state index < -0.39 is 0 Å². The van der Waals surface area contributed by atoms with E-state index in [0.717, 1.165) is 12.4 Å². The number of hydrogen-bond acceptors (Lipinski definition) is 4. The molecule has 0 saturated carbocycles. The highest BCUT2D eigenvalue weighted by Gasteiger charge is 2.03. The van der Waals surface area contributed by atoms with E-state index in [0.29, 0.717) is 5.95 Å². The molecule has 4 heteroatoms.